The van der Waals surface area contributed by atoms with E-state index in [0.29, 0.717) is 6.04 Å². The number of nitrogens with one attached hydrogen (secondary N) is 1. The van der Waals surface area contributed by atoms with E-state index in [2.05, 4.69) is 38.0 Å². The minimum atomic E-state index is 0. The van der Waals surface area contributed by atoms with Crippen LogP contribution in [0.1, 0.15) is 22.2 Å². The first kappa shape index (κ1) is 9.92. The van der Waals surface area contributed by atoms with Gasteiger partial charge >= 0.3 is 0 Å². The predicted octanol–water partition coefficient (Wildman–Crippen LogP) is 1.18. The van der Waals surface area contributed by atoms with Crippen LogP contribution in [0, 0.1) is 0 Å². The van der Waals surface area contributed by atoms with Crippen molar-refractivity contribution in [1.29, 1.82) is 0 Å². The summed E-state index contributed by atoms with van der Waals surface area (Å²) in [5.74, 6) is 0. The monoisotopic (exact) mass is 146 g/mol. The van der Waals surface area contributed by atoms with E-state index in [1.807, 2.05) is 0 Å². The van der Waals surface area contributed by atoms with Crippen LogP contribution in [0.5, 0.6) is 0 Å². The van der Waals surface area contributed by atoms with Crippen molar-refractivity contribution in [1.82, 2.24) is 10.2 Å². The van der Waals surface area contributed by atoms with E-state index < -0.39 is 0 Å². The van der Waals surface area contributed by atoms with E-state index in [-0.39, 0.29) is 1.43 Å². The molecule has 0 rings (SSSR count). The Kier molecular flexibility index (Phi) is 5.64. The molecule has 0 saturated heterocycles. The molecule has 0 aromatic carbocycles. The molecule has 0 radical (unpaired) electrons. The molecule has 0 aliphatic rings. The molecule has 10 heavy (non-hydrogen) atoms. The van der Waals surface area contributed by atoms with Gasteiger partial charge < -0.3 is 10.2 Å². The van der Waals surface area contributed by atoms with Crippen LogP contribution in [0.2, 0.25) is 0 Å². The number of rotatable bonds is 5. The fourth-order valence-corrected chi connectivity index (χ4v) is 0.702. The van der Waals surface area contributed by atoms with Gasteiger partial charge in [-0.1, -0.05) is 20.8 Å². The molecule has 0 spiro atoms. The van der Waals surface area contributed by atoms with Crippen molar-refractivity contribution in [2.45, 2.75) is 26.8 Å². The second-order valence-electron chi connectivity index (χ2n) is 3.00. The summed E-state index contributed by atoms with van der Waals surface area (Å²) < 4.78 is 0. The maximum absolute atomic E-state index is 3.37. The number of likely N-dealkylation sites (N-methyl/N-ethyl adjacent to an activating group) is 1. The van der Waals surface area contributed by atoms with Gasteiger partial charge in [-0.05, 0) is 13.6 Å². The van der Waals surface area contributed by atoms with Crippen LogP contribution in [0.15, 0.2) is 0 Å². The van der Waals surface area contributed by atoms with E-state index in [0.717, 1.165) is 19.6 Å². The lowest BCUT2D eigenvalue weighted by molar-refractivity contribution is 0.344. The topological polar surface area (TPSA) is 15.3 Å². The standard InChI is InChI=1S/C8H20N2.H2/c1-5-10(4)7-6-9-8(2)3;/h8-9H,5-7H2,1-4H3;1H. The van der Waals surface area contributed by atoms with Gasteiger partial charge in [-0.2, -0.15) is 0 Å². The van der Waals surface area contributed by atoms with E-state index in [1.165, 1.54) is 0 Å². The van der Waals surface area contributed by atoms with E-state index in [1.54, 1.807) is 0 Å². The van der Waals surface area contributed by atoms with Crippen LogP contribution in [0.25, 0.3) is 0 Å². The molecule has 0 atom stereocenters. The van der Waals surface area contributed by atoms with Crippen molar-refractivity contribution in [2.24, 2.45) is 0 Å². The lowest BCUT2D eigenvalue weighted by Gasteiger charge is -2.15. The zero-order valence-electron chi connectivity index (χ0n) is 7.65. The van der Waals surface area contributed by atoms with Gasteiger partial charge in [0, 0.05) is 20.6 Å². The summed E-state index contributed by atoms with van der Waals surface area (Å²) in [6.45, 7) is 9.91. The van der Waals surface area contributed by atoms with Crippen LogP contribution >= 0.6 is 0 Å². The van der Waals surface area contributed by atoms with Crippen molar-refractivity contribution in [3.63, 3.8) is 0 Å². The zero-order valence-corrected chi connectivity index (χ0v) is 7.65. The van der Waals surface area contributed by atoms with Crippen molar-refractivity contribution >= 4 is 0 Å². The maximum atomic E-state index is 3.37. The van der Waals surface area contributed by atoms with Crippen molar-refractivity contribution < 1.29 is 1.43 Å². The highest BCUT2D eigenvalue weighted by Crippen LogP contribution is 1.79. The molecule has 2 nitrogen and oxygen atoms in total. The van der Waals surface area contributed by atoms with Gasteiger partial charge in [0.2, 0.25) is 0 Å². The molecule has 64 valence electrons. The third-order valence-corrected chi connectivity index (χ3v) is 1.59. The van der Waals surface area contributed by atoms with Crippen molar-refractivity contribution in [3.05, 3.63) is 0 Å². The molecular formula is C8H22N2. The first-order valence-electron chi connectivity index (χ1n) is 4.08. The predicted molar refractivity (Wildman–Crippen MR) is 48.4 cm³/mol. The summed E-state index contributed by atoms with van der Waals surface area (Å²) in [5, 5.41) is 3.37. The molecule has 0 aliphatic carbocycles. The molecule has 0 amide bonds. The van der Waals surface area contributed by atoms with E-state index >= 15 is 0 Å². The number of hydrogen-bond acceptors (Lipinski definition) is 2. The first-order valence-corrected chi connectivity index (χ1v) is 4.08. The van der Waals surface area contributed by atoms with Crippen molar-refractivity contribution in [2.75, 3.05) is 26.7 Å². The Balaban J connectivity index is 0. The maximum Gasteiger partial charge on any atom is 0.0104 e. The van der Waals surface area contributed by atoms with Gasteiger partial charge in [0.15, 0.2) is 0 Å². The lowest BCUT2D eigenvalue weighted by atomic mass is 10.4. The van der Waals surface area contributed by atoms with E-state index in [9.17, 15) is 0 Å². The Morgan fingerprint density at radius 3 is 2.50 bits per heavy atom. The van der Waals surface area contributed by atoms with Crippen LogP contribution in [0.4, 0.5) is 0 Å². The van der Waals surface area contributed by atoms with Gasteiger partial charge in [0.25, 0.3) is 0 Å². The molecule has 0 fully saturated rings. The summed E-state index contributed by atoms with van der Waals surface area (Å²) in [4.78, 5) is 2.30. The first-order chi connectivity index (χ1) is 4.66. The molecule has 0 aromatic heterocycles. The molecular weight excluding hydrogens is 124 g/mol. The summed E-state index contributed by atoms with van der Waals surface area (Å²) >= 11 is 0. The number of nitrogens with zero attached hydrogens (tertiary/aromatic N) is 1. The zero-order chi connectivity index (χ0) is 7.98. The Labute approximate surface area is 66.1 Å². The minimum absolute atomic E-state index is 0. The van der Waals surface area contributed by atoms with E-state index in [4.69, 9.17) is 0 Å². The molecule has 0 unspecified atom stereocenters. The van der Waals surface area contributed by atoms with Gasteiger partial charge in [-0.15, -0.1) is 0 Å². The molecule has 0 aliphatic heterocycles. The number of hydrogen-bond donors (Lipinski definition) is 1. The Morgan fingerprint density at radius 1 is 1.50 bits per heavy atom. The smallest absolute Gasteiger partial charge is 0.0104 e. The van der Waals surface area contributed by atoms with Gasteiger partial charge in [0.05, 0.1) is 0 Å². The normalized spacial score (nSPS) is 11.4. The molecule has 2 heteroatoms. The molecule has 0 saturated carbocycles. The Hall–Kier alpha value is -0.0800. The van der Waals surface area contributed by atoms with Gasteiger partial charge in [0.1, 0.15) is 0 Å². The fraction of sp³-hybridized carbons (Fsp3) is 1.00. The third kappa shape index (κ3) is 6.05. The Bertz CT molecular complexity index is 76.5. The molecule has 0 aromatic rings. The SMILES string of the molecule is CCN(C)CCNC(C)C.[HH]. The highest BCUT2D eigenvalue weighted by Gasteiger charge is 1.94. The van der Waals surface area contributed by atoms with Crippen molar-refractivity contribution in [3.8, 4) is 0 Å². The molecule has 0 heterocycles. The van der Waals surface area contributed by atoms with Crippen LogP contribution in [-0.4, -0.2) is 37.6 Å². The van der Waals surface area contributed by atoms with Gasteiger partial charge in [-0.3, -0.25) is 0 Å². The largest absolute Gasteiger partial charge is 0.313 e. The fourth-order valence-electron chi connectivity index (χ4n) is 0.702. The molecule has 1 N–H and O–H groups in total. The van der Waals surface area contributed by atoms with Gasteiger partial charge in [-0.25, -0.2) is 0 Å². The highest BCUT2D eigenvalue weighted by molar-refractivity contribution is 4.55. The van der Waals surface area contributed by atoms with Crippen LogP contribution < -0.4 is 5.32 Å². The second kappa shape index (κ2) is 5.69. The summed E-state index contributed by atoms with van der Waals surface area (Å²) in [6.07, 6.45) is 0. The summed E-state index contributed by atoms with van der Waals surface area (Å²) in [6, 6.07) is 0.616. The third-order valence-electron chi connectivity index (χ3n) is 1.59. The average molecular weight is 146 g/mol. The second-order valence-corrected chi connectivity index (χ2v) is 3.00. The van der Waals surface area contributed by atoms with Crippen LogP contribution in [0.3, 0.4) is 0 Å². The van der Waals surface area contributed by atoms with Crippen LogP contribution in [-0.2, 0) is 0 Å². The molecule has 0 bridgehead atoms. The quantitative estimate of drug-likeness (QED) is 0.626. The summed E-state index contributed by atoms with van der Waals surface area (Å²) in [5.41, 5.74) is 0. The average Bonchev–Trinajstić information content (AvgIpc) is 1.87. The minimum Gasteiger partial charge on any atom is -0.313 e. The summed E-state index contributed by atoms with van der Waals surface area (Å²) in [7, 11) is 2.14. The Morgan fingerprint density at radius 2 is 2.10 bits per heavy atom. The lowest BCUT2D eigenvalue weighted by Crippen LogP contribution is -2.32. The highest BCUT2D eigenvalue weighted by atomic mass is 15.1.